The number of hydrogen-bond acceptors (Lipinski definition) is 3. The number of thiocarbonyl (C=S) groups is 1. The molecule has 0 aliphatic heterocycles. The molecule has 0 saturated carbocycles. The Hall–Kier alpha value is -2.21. The van der Waals surface area contributed by atoms with Gasteiger partial charge in [0.05, 0.1) is 5.69 Å². The third-order valence-corrected chi connectivity index (χ3v) is 3.17. The van der Waals surface area contributed by atoms with Crippen LogP contribution in [-0.4, -0.2) is 20.7 Å². The van der Waals surface area contributed by atoms with Crippen LogP contribution in [0.15, 0.2) is 36.5 Å². The van der Waals surface area contributed by atoms with Gasteiger partial charge >= 0.3 is 0 Å². The van der Waals surface area contributed by atoms with E-state index >= 15 is 0 Å². The molecule has 0 saturated heterocycles. The van der Waals surface area contributed by atoms with Gasteiger partial charge in [-0.1, -0.05) is 24.4 Å². The molecule has 0 unspecified atom stereocenters. The average Bonchev–Trinajstić information content (AvgIpc) is 2.82. The Morgan fingerprint density at radius 2 is 2.15 bits per heavy atom. The molecule has 0 radical (unpaired) electrons. The van der Waals surface area contributed by atoms with E-state index in [1.165, 1.54) is 0 Å². The molecule has 20 heavy (non-hydrogen) atoms. The van der Waals surface area contributed by atoms with Gasteiger partial charge < -0.3 is 11.1 Å². The van der Waals surface area contributed by atoms with Gasteiger partial charge in [-0.2, -0.15) is 5.10 Å². The zero-order chi connectivity index (χ0) is 14.5. The molecule has 1 amide bonds. The zero-order valence-corrected chi connectivity index (χ0v) is 12.0. The lowest BCUT2D eigenvalue weighted by molar-refractivity contribution is -0.116. The Morgan fingerprint density at radius 3 is 2.80 bits per heavy atom. The van der Waals surface area contributed by atoms with Gasteiger partial charge in [0.2, 0.25) is 5.91 Å². The van der Waals surface area contributed by atoms with Crippen LogP contribution in [0.2, 0.25) is 0 Å². The molecule has 0 spiro atoms. The molecule has 0 bridgehead atoms. The van der Waals surface area contributed by atoms with Crippen molar-refractivity contribution in [1.29, 1.82) is 0 Å². The second kappa shape index (κ2) is 6.29. The number of para-hydroxylation sites is 1. The Labute approximate surface area is 122 Å². The summed E-state index contributed by atoms with van der Waals surface area (Å²) in [5, 5.41) is 6.96. The molecule has 0 aliphatic carbocycles. The molecule has 2 rings (SSSR count). The first-order valence-electron chi connectivity index (χ1n) is 6.25. The van der Waals surface area contributed by atoms with Gasteiger partial charge in [0, 0.05) is 30.4 Å². The number of carbonyl (C=O) groups is 1. The number of aromatic nitrogens is 2. The topological polar surface area (TPSA) is 72.9 Å². The Morgan fingerprint density at radius 1 is 1.40 bits per heavy atom. The molecule has 1 heterocycles. The van der Waals surface area contributed by atoms with E-state index in [9.17, 15) is 4.79 Å². The lowest BCUT2D eigenvalue weighted by atomic mass is 10.1. The van der Waals surface area contributed by atoms with Gasteiger partial charge in [0.15, 0.2) is 0 Å². The average molecular weight is 288 g/mol. The van der Waals surface area contributed by atoms with Gasteiger partial charge in [0.25, 0.3) is 0 Å². The van der Waals surface area contributed by atoms with Crippen molar-refractivity contribution in [3.8, 4) is 0 Å². The third kappa shape index (κ3) is 3.42. The van der Waals surface area contributed by atoms with E-state index in [1.807, 2.05) is 25.1 Å². The van der Waals surface area contributed by atoms with Crippen LogP contribution in [0.25, 0.3) is 0 Å². The summed E-state index contributed by atoms with van der Waals surface area (Å²) >= 11 is 4.96. The molecule has 2 aromatic rings. The maximum atomic E-state index is 12.0. The SMILES string of the molecule is Cc1ccnn1CCC(=O)Nc1ccccc1C(N)=S. The van der Waals surface area contributed by atoms with Crippen LogP contribution < -0.4 is 11.1 Å². The minimum absolute atomic E-state index is 0.0939. The fraction of sp³-hybridized carbons (Fsp3) is 0.214. The summed E-state index contributed by atoms with van der Waals surface area (Å²) in [6.45, 7) is 2.49. The molecule has 6 heteroatoms. The summed E-state index contributed by atoms with van der Waals surface area (Å²) in [4.78, 5) is 12.2. The van der Waals surface area contributed by atoms with Crippen molar-refractivity contribution in [1.82, 2.24) is 9.78 Å². The molecule has 0 fully saturated rings. The number of nitrogens with one attached hydrogen (secondary N) is 1. The molecule has 1 aromatic carbocycles. The summed E-state index contributed by atoms with van der Waals surface area (Å²) in [5.41, 5.74) is 7.97. The van der Waals surface area contributed by atoms with Gasteiger partial charge in [-0.05, 0) is 25.1 Å². The number of amides is 1. The number of nitrogens with two attached hydrogens (primary N) is 1. The van der Waals surface area contributed by atoms with Gasteiger partial charge in [-0.25, -0.2) is 0 Å². The Kier molecular flexibility index (Phi) is 4.47. The monoisotopic (exact) mass is 288 g/mol. The van der Waals surface area contributed by atoms with E-state index in [0.717, 1.165) is 5.69 Å². The number of benzene rings is 1. The molecule has 5 nitrogen and oxygen atoms in total. The maximum absolute atomic E-state index is 12.0. The smallest absolute Gasteiger partial charge is 0.226 e. The second-order valence-electron chi connectivity index (χ2n) is 4.40. The van der Waals surface area contributed by atoms with Crippen molar-refractivity contribution in [2.45, 2.75) is 19.9 Å². The number of rotatable bonds is 5. The molecule has 3 N–H and O–H groups in total. The predicted octanol–water partition coefficient (Wildman–Crippen LogP) is 1.85. The lowest BCUT2D eigenvalue weighted by Crippen LogP contribution is -2.19. The van der Waals surface area contributed by atoms with Crippen molar-refractivity contribution in [2.24, 2.45) is 5.73 Å². The van der Waals surface area contributed by atoms with Crippen LogP contribution in [0.1, 0.15) is 17.7 Å². The minimum atomic E-state index is -0.0939. The van der Waals surface area contributed by atoms with E-state index in [0.29, 0.717) is 24.2 Å². The van der Waals surface area contributed by atoms with E-state index in [-0.39, 0.29) is 10.9 Å². The number of aryl methyl sites for hydroxylation is 2. The predicted molar refractivity (Wildman–Crippen MR) is 82.5 cm³/mol. The molecular weight excluding hydrogens is 272 g/mol. The van der Waals surface area contributed by atoms with Crippen molar-refractivity contribution in [3.63, 3.8) is 0 Å². The normalized spacial score (nSPS) is 10.2. The van der Waals surface area contributed by atoms with Gasteiger partial charge in [-0.3, -0.25) is 9.48 Å². The van der Waals surface area contributed by atoms with Crippen LogP contribution in [0.3, 0.4) is 0 Å². The van der Waals surface area contributed by atoms with E-state index in [2.05, 4.69) is 10.4 Å². The van der Waals surface area contributed by atoms with Crippen LogP contribution in [0.4, 0.5) is 5.69 Å². The van der Waals surface area contributed by atoms with Crippen LogP contribution >= 0.6 is 12.2 Å². The maximum Gasteiger partial charge on any atom is 0.226 e. The molecule has 104 valence electrons. The summed E-state index contributed by atoms with van der Waals surface area (Å²) in [7, 11) is 0. The number of nitrogens with zero attached hydrogens (tertiary/aromatic N) is 2. The van der Waals surface area contributed by atoms with Gasteiger partial charge in [0.1, 0.15) is 4.99 Å². The van der Waals surface area contributed by atoms with E-state index in [1.54, 1.807) is 23.0 Å². The first kappa shape index (κ1) is 14.2. The summed E-state index contributed by atoms with van der Waals surface area (Å²) < 4.78 is 1.79. The lowest BCUT2D eigenvalue weighted by Gasteiger charge is -2.10. The number of hydrogen-bond donors (Lipinski definition) is 2. The van der Waals surface area contributed by atoms with Crippen molar-refractivity contribution < 1.29 is 4.79 Å². The fourth-order valence-electron chi connectivity index (χ4n) is 1.86. The zero-order valence-electron chi connectivity index (χ0n) is 11.2. The fourth-order valence-corrected chi connectivity index (χ4v) is 2.04. The number of carbonyl (C=O) groups excluding carboxylic acids is 1. The highest BCUT2D eigenvalue weighted by Crippen LogP contribution is 2.15. The van der Waals surface area contributed by atoms with Gasteiger partial charge in [-0.15, -0.1) is 0 Å². The molecule has 1 aromatic heterocycles. The Balaban J connectivity index is 1.98. The minimum Gasteiger partial charge on any atom is -0.389 e. The third-order valence-electron chi connectivity index (χ3n) is 2.95. The van der Waals surface area contributed by atoms with Crippen molar-refractivity contribution >= 4 is 28.8 Å². The first-order valence-corrected chi connectivity index (χ1v) is 6.66. The van der Waals surface area contributed by atoms with E-state index < -0.39 is 0 Å². The highest BCUT2D eigenvalue weighted by molar-refractivity contribution is 7.80. The van der Waals surface area contributed by atoms with Crippen LogP contribution in [0.5, 0.6) is 0 Å². The quantitative estimate of drug-likeness (QED) is 0.824. The standard InChI is InChI=1S/C14H16N4OS/c1-10-6-8-16-18(10)9-7-13(19)17-12-5-3-2-4-11(12)14(15)20/h2-6,8H,7,9H2,1H3,(H2,15,20)(H,17,19). The van der Waals surface area contributed by atoms with Crippen LogP contribution in [-0.2, 0) is 11.3 Å². The molecule has 0 atom stereocenters. The molecular formula is C14H16N4OS. The Bertz CT molecular complexity index is 636. The summed E-state index contributed by atoms with van der Waals surface area (Å²) in [6, 6.07) is 9.13. The van der Waals surface area contributed by atoms with Crippen molar-refractivity contribution in [3.05, 3.63) is 47.8 Å². The van der Waals surface area contributed by atoms with Crippen LogP contribution in [0, 0.1) is 6.92 Å². The van der Waals surface area contributed by atoms with E-state index in [4.69, 9.17) is 18.0 Å². The summed E-state index contributed by atoms with van der Waals surface area (Å²) in [6.07, 6.45) is 2.06. The highest BCUT2D eigenvalue weighted by Gasteiger charge is 2.08. The summed E-state index contributed by atoms with van der Waals surface area (Å²) in [5.74, 6) is -0.0939. The largest absolute Gasteiger partial charge is 0.389 e. The van der Waals surface area contributed by atoms with Crippen molar-refractivity contribution in [2.75, 3.05) is 5.32 Å². The molecule has 0 aliphatic rings. The number of anilines is 1. The second-order valence-corrected chi connectivity index (χ2v) is 4.84. The first-order chi connectivity index (χ1) is 9.58. The highest BCUT2D eigenvalue weighted by atomic mass is 32.1.